The summed E-state index contributed by atoms with van der Waals surface area (Å²) in [7, 11) is 1.95. The van der Waals surface area contributed by atoms with Crippen molar-refractivity contribution in [3.63, 3.8) is 0 Å². The van der Waals surface area contributed by atoms with Crippen LogP contribution < -0.4 is 5.73 Å². The maximum atomic E-state index is 6.00. The molecule has 3 unspecified atom stereocenters. The normalized spacial score (nSPS) is 37.1. The number of fused-ring (bicyclic) bond motifs is 2. The standard InChI is InChI=1S/C12H19N3O/c1-15-7-9(6-14-15)4-12(8-13)5-10-2-3-11(12)16-10/h6-7,10-11H,2-5,8,13H2,1H3. The topological polar surface area (TPSA) is 53.1 Å². The van der Waals surface area contributed by atoms with Gasteiger partial charge in [-0.25, -0.2) is 0 Å². The summed E-state index contributed by atoms with van der Waals surface area (Å²) in [6, 6.07) is 0. The van der Waals surface area contributed by atoms with E-state index in [-0.39, 0.29) is 5.41 Å². The van der Waals surface area contributed by atoms with E-state index >= 15 is 0 Å². The molecule has 0 radical (unpaired) electrons. The Balaban J connectivity index is 1.81. The fraction of sp³-hybridized carbons (Fsp3) is 0.750. The second-order valence-corrected chi connectivity index (χ2v) is 5.29. The third-order valence-corrected chi connectivity index (χ3v) is 4.15. The highest BCUT2D eigenvalue weighted by atomic mass is 16.5. The Labute approximate surface area is 95.8 Å². The SMILES string of the molecule is Cn1cc(CC2(CN)CC3CCC2O3)cn1. The van der Waals surface area contributed by atoms with Gasteiger partial charge in [0.25, 0.3) is 0 Å². The van der Waals surface area contributed by atoms with Crippen molar-refractivity contribution in [3.05, 3.63) is 18.0 Å². The molecule has 3 rings (SSSR count). The van der Waals surface area contributed by atoms with Crippen LogP contribution >= 0.6 is 0 Å². The van der Waals surface area contributed by atoms with Crippen molar-refractivity contribution in [1.82, 2.24) is 9.78 Å². The molecule has 2 N–H and O–H groups in total. The van der Waals surface area contributed by atoms with Crippen molar-refractivity contribution in [3.8, 4) is 0 Å². The molecule has 0 saturated carbocycles. The first-order valence-electron chi connectivity index (χ1n) is 6.05. The lowest BCUT2D eigenvalue weighted by Crippen LogP contribution is -2.41. The molecule has 2 aliphatic heterocycles. The van der Waals surface area contributed by atoms with Crippen molar-refractivity contribution in [2.75, 3.05) is 6.54 Å². The molecule has 2 bridgehead atoms. The first kappa shape index (κ1) is 10.3. The number of hydrogen-bond donors (Lipinski definition) is 1. The van der Waals surface area contributed by atoms with Gasteiger partial charge in [0, 0.05) is 25.2 Å². The summed E-state index contributed by atoms with van der Waals surface area (Å²) in [5.41, 5.74) is 7.46. The van der Waals surface area contributed by atoms with E-state index in [0.29, 0.717) is 12.2 Å². The van der Waals surface area contributed by atoms with Gasteiger partial charge in [-0.1, -0.05) is 0 Å². The highest BCUT2D eigenvalue weighted by Gasteiger charge is 2.51. The van der Waals surface area contributed by atoms with Crippen LogP contribution in [0.2, 0.25) is 0 Å². The maximum Gasteiger partial charge on any atom is 0.0652 e. The Morgan fingerprint density at radius 2 is 2.50 bits per heavy atom. The number of rotatable bonds is 3. The Morgan fingerprint density at radius 1 is 1.62 bits per heavy atom. The molecule has 0 aromatic carbocycles. The summed E-state index contributed by atoms with van der Waals surface area (Å²) in [6.45, 7) is 0.725. The molecule has 0 aliphatic carbocycles. The van der Waals surface area contributed by atoms with Gasteiger partial charge in [0.05, 0.1) is 18.4 Å². The molecule has 0 amide bonds. The third kappa shape index (κ3) is 1.48. The second kappa shape index (κ2) is 3.57. The van der Waals surface area contributed by atoms with E-state index in [1.807, 2.05) is 17.9 Å². The molecule has 88 valence electrons. The first-order chi connectivity index (χ1) is 7.72. The zero-order valence-corrected chi connectivity index (χ0v) is 9.72. The second-order valence-electron chi connectivity index (χ2n) is 5.29. The summed E-state index contributed by atoms with van der Waals surface area (Å²) in [6.07, 6.45) is 9.42. The van der Waals surface area contributed by atoms with Crippen molar-refractivity contribution in [2.45, 2.75) is 37.9 Å². The van der Waals surface area contributed by atoms with Gasteiger partial charge in [0.1, 0.15) is 0 Å². The molecule has 3 atom stereocenters. The predicted molar refractivity (Wildman–Crippen MR) is 60.9 cm³/mol. The monoisotopic (exact) mass is 221 g/mol. The minimum absolute atomic E-state index is 0.173. The number of ether oxygens (including phenoxy) is 1. The summed E-state index contributed by atoms with van der Waals surface area (Å²) < 4.78 is 7.81. The van der Waals surface area contributed by atoms with Gasteiger partial charge in [-0.15, -0.1) is 0 Å². The van der Waals surface area contributed by atoms with E-state index in [4.69, 9.17) is 10.5 Å². The average molecular weight is 221 g/mol. The highest BCUT2D eigenvalue weighted by Crippen LogP contribution is 2.48. The summed E-state index contributed by atoms with van der Waals surface area (Å²) in [4.78, 5) is 0. The molecular formula is C12H19N3O. The van der Waals surface area contributed by atoms with Gasteiger partial charge in [0.2, 0.25) is 0 Å². The molecule has 0 spiro atoms. The quantitative estimate of drug-likeness (QED) is 0.823. The molecule has 3 heterocycles. The van der Waals surface area contributed by atoms with Crippen LogP contribution in [0.5, 0.6) is 0 Å². The zero-order valence-electron chi connectivity index (χ0n) is 9.72. The van der Waals surface area contributed by atoms with Crippen LogP contribution in [-0.4, -0.2) is 28.5 Å². The number of nitrogens with zero attached hydrogens (tertiary/aromatic N) is 2. The fourth-order valence-corrected chi connectivity index (χ4v) is 3.33. The average Bonchev–Trinajstić information content (AvgIpc) is 2.94. The van der Waals surface area contributed by atoms with Crippen molar-refractivity contribution < 1.29 is 4.74 Å². The number of aromatic nitrogens is 2. The van der Waals surface area contributed by atoms with E-state index in [9.17, 15) is 0 Å². The molecule has 2 aliphatic rings. The lowest BCUT2D eigenvalue weighted by atomic mass is 9.70. The van der Waals surface area contributed by atoms with Crippen molar-refractivity contribution in [2.24, 2.45) is 18.2 Å². The number of nitrogens with two attached hydrogens (primary N) is 1. The fourth-order valence-electron chi connectivity index (χ4n) is 3.33. The van der Waals surface area contributed by atoms with Crippen molar-refractivity contribution in [1.29, 1.82) is 0 Å². The third-order valence-electron chi connectivity index (χ3n) is 4.15. The van der Waals surface area contributed by atoms with E-state index in [0.717, 1.165) is 19.4 Å². The molecule has 4 nitrogen and oxygen atoms in total. The van der Waals surface area contributed by atoms with Gasteiger partial charge in [-0.2, -0.15) is 5.10 Å². The largest absolute Gasteiger partial charge is 0.374 e. The predicted octanol–water partition coefficient (Wildman–Crippen LogP) is 0.859. The molecule has 4 heteroatoms. The van der Waals surface area contributed by atoms with Crippen LogP contribution in [0.25, 0.3) is 0 Å². The van der Waals surface area contributed by atoms with Crippen LogP contribution in [-0.2, 0) is 18.2 Å². The Hall–Kier alpha value is -0.870. The molecule has 2 fully saturated rings. The van der Waals surface area contributed by atoms with Gasteiger partial charge in [-0.3, -0.25) is 4.68 Å². The van der Waals surface area contributed by atoms with Crippen LogP contribution in [0.1, 0.15) is 24.8 Å². The Morgan fingerprint density at radius 3 is 3.00 bits per heavy atom. The van der Waals surface area contributed by atoms with Gasteiger partial charge in [0.15, 0.2) is 0 Å². The Kier molecular flexibility index (Phi) is 2.30. The van der Waals surface area contributed by atoms with Crippen LogP contribution in [0.3, 0.4) is 0 Å². The lowest BCUT2D eigenvalue weighted by molar-refractivity contribution is 0.0636. The summed E-state index contributed by atoms with van der Waals surface area (Å²) in [5.74, 6) is 0. The van der Waals surface area contributed by atoms with E-state index in [1.165, 1.54) is 18.4 Å². The van der Waals surface area contributed by atoms with Crippen LogP contribution in [0.15, 0.2) is 12.4 Å². The zero-order chi connectivity index (χ0) is 11.2. The van der Waals surface area contributed by atoms with Crippen LogP contribution in [0, 0.1) is 5.41 Å². The molecule has 1 aromatic heterocycles. The number of aryl methyl sites for hydroxylation is 1. The highest BCUT2D eigenvalue weighted by molar-refractivity contribution is 5.13. The van der Waals surface area contributed by atoms with Gasteiger partial charge < -0.3 is 10.5 Å². The lowest BCUT2D eigenvalue weighted by Gasteiger charge is -2.33. The smallest absolute Gasteiger partial charge is 0.0652 e. The first-order valence-corrected chi connectivity index (χ1v) is 6.05. The van der Waals surface area contributed by atoms with E-state index < -0.39 is 0 Å². The number of hydrogen-bond acceptors (Lipinski definition) is 3. The minimum Gasteiger partial charge on any atom is -0.374 e. The molecule has 16 heavy (non-hydrogen) atoms. The van der Waals surface area contributed by atoms with E-state index in [1.54, 1.807) is 0 Å². The molecular weight excluding hydrogens is 202 g/mol. The molecule has 2 saturated heterocycles. The van der Waals surface area contributed by atoms with Gasteiger partial charge >= 0.3 is 0 Å². The summed E-state index contributed by atoms with van der Waals surface area (Å²) >= 11 is 0. The van der Waals surface area contributed by atoms with Crippen molar-refractivity contribution >= 4 is 0 Å². The van der Waals surface area contributed by atoms with Gasteiger partial charge in [-0.05, 0) is 31.2 Å². The van der Waals surface area contributed by atoms with E-state index in [2.05, 4.69) is 11.3 Å². The summed E-state index contributed by atoms with van der Waals surface area (Å²) in [5, 5.41) is 4.22. The minimum atomic E-state index is 0.173. The Bertz CT molecular complexity index is 389. The molecule has 1 aromatic rings. The maximum absolute atomic E-state index is 6.00. The van der Waals surface area contributed by atoms with Crippen LogP contribution in [0.4, 0.5) is 0 Å².